The molecule has 0 amide bonds. The number of hydrogen-bond acceptors (Lipinski definition) is 3. The highest BCUT2D eigenvalue weighted by Gasteiger charge is 2.20. The number of benzene rings is 7. The highest BCUT2D eigenvalue weighted by molar-refractivity contribution is 6.21. The molecule has 9 rings (SSSR count). The van der Waals surface area contributed by atoms with Crippen LogP contribution in [0.1, 0.15) is 43.5 Å². The fourth-order valence-electron chi connectivity index (χ4n) is 7.41. The van der Waals surface area contributed by atoms with Gasteiger partial charge in [0, 0.05) is 21.5 Å². The van der Waals surface area contributed by atoms with E-state index in [1.165, 1.54) is 16.3 Å². The number of allylic oxidation sites excluding steroid dienone is 2. The van der Waals surface area contributed by atoms with Gasteiger partial charge in [-0.2, -0.15) is 0 Å². The van der Waals surface area contributed by atoms with Crippen LogP contribution >= 0.6 is 0 Å². The Kier molecular flexibility index (Phi) is 7.21. The highest BCUT2D eigenvalue weighted by Crippen LogP contribution is 2.42. The predicted octanol–water partition coefficient (Wildman–Crippen LogP) is 13.3. The summed E-state index contributed by atoms with van der Waals surface area (Å²) < 4.78 is 13.0. The van der Waals surface area contributed by atoms with Gasteiger partial charge < -0.3 is 8.83 Å². The summed E-state index contributed by atoms with van der Waals surface area (Å²) in [4.78, 5) is 5.35. The molecule has 0 aliphatic rings. The molecule has 1 atom stereocenters. The summed E-state index contributed by atoms with van der Waals surface area (Å²) in [6.45, 7) is 6.57. The SMILES string of the molecule is C/C(C(=NC(C)c1ccccc1)c1ccccc1)=C(/C)c1cccc2oc3cccc(-c4ccc5c(c4)oc4cc6ccccc6cc45)c3c12. The van der Waals surface area contributed by atoms with Crippen molar-refractivity contribution in [3.8, 4) is 11.1 Å². The van der Waals surface area contributed by atoms with Crippen molar-refractivity contribution in [1.29, 1.82) is 0 Å². The Morgan fingerprint density at radius 1 is 0.540 bits per heavy atom. The maximum atomic E-state index is 6.56. The quantitative estimate of drug-likeness (QED) is 0.169. The van der Waals surface area contributed by atoms with Crippen LogP contribution in [0, 0.1) is 0 Å². The summed E-state index contributed by atoms with van der Waals surface area (Å²) in [5.74, 6) is 0. The van der Waals surface area contributed by atoms with Crippen LogP contribution in [0.3, 0.4) is 0 Å². The molecule has 0 saturated carbocycles. The van der Waals surface area contributed by atoms with Crippen molar-refractivity contribution in [3.63, 3.8) is 0 Å². The lowest BCUT2D eigenvalue weighted by molar-refractivity contribution is 0.668. The molecule has 7 aromatic carbocycles. The average Bonchev–Trinajstić information content (AvgIpc) is 3.73. The molecule has 0 aliphatic carbocycles. The van der Waals surface area contributed by atoms with Gasteiger partial charge in [-0.15, -0.1) is 0 Å². The fraction of sp³-hybridized carbons (Fsp3) is 0.0851. The minimum Gasteiger partial charge on any atom is -0.456 e. The van der Waals surface area contributed by atoms with E-state index >= 15 is 0 Å². The standard InChI is InChI=1S/C47H35NO2/c1-29(30(2)47(33-16-8-5-9-17-33)48-31(3)32-14-6-4-7-15-32)37-20-12-22-41-45(37)46-38(21-13-23-42(46)49-41)36-24-25-39-40-26-34-18-10-11-19-35(34)27-44(40)50-43(39)28-36/h4-28,31H,1-3H3/b30-29+,48-47?. The van der Waals surface area contributed by atoms with Crippen molar-refractivity contribution < 1.29 is 8.83 Å². The van der Waals surface area contributed by atoms with Crippen molar-refractivity contribution in [2.75, 3.05) is 0 Å². The van der Waals surface area contributed by atoms with Crippen LogP contribution in [0.5, 0.6) is 0 Å². The Morgan fingerprint density at radius 2 is 1.18 bits per heavy atom. The van der Waals surface area contributed by atoms with Crippen molar-refractivity contribution >= 4 is 65.9 Å². The molecular formula is C47H35NO2. The van der Waals surface area contributed by atoms with Crippen LogP contribution in [-0.2, 0) is 0 Å². The minimum absolute atomic E-state index is 0.00198. The zero-order valence-corrected chi connectivity index (χ0v) is 28.3. The van der Waals surface area contributed by atoms with Gasteiger partial charge in [-0.3, -0.25) is 4.99 Å². The molecule has 3 nitrogen and oxygen atoms in total. The third-order valence-corrected chi connectivity index (χ3v) is 10.1. The molecule has 3 heteroatoms. The molecule has 240 valence electrons. The molecule has 0 N–H and O–H groups in total. The van der Waals surface area contributed by atoms with Gasteiger partial charge in [-0.25, -0.2) is 0 Å². The molecule has 0 aliphatic heterocycles. The van der Waals surface area contributed by atoms with Crippen LogP contribution in [0.4, 0.5) is 0 Å². The van der Waals surface area contributed by atoms with Crippen molar-refractivity contribution in [3.05, 3.63) is 174 Å². The summed E-state index contributed by atoms with van der Waals surface area (Å²) in [6, 6.07) is 53.1. The predicted molar refractivity (Wildman–Crippen MR) is 210 cm³/mol. The van der Waals surface area contributed by atoms with Crippen molar-refractivity contribution in [1.82, 2.24) is 0 Å². The number of hydrogen-bond donors (Lipinski definition) is 0. The average molecular weight is 646 g/mol. The second-order valence-electron chi connectivity index (χ2n) is 13.1. The van der Waals surface area contributed by atoms with E-state index in [1.54, 1.807) is 0 Å². The van der Waals surface area contributed by atoms with E-state index in [0.717, 1.165) is 83.0 Å². The monoisotopic (exact) mass is 645 g/mol. The van der Waals surface area contributed by atoms with Gasteiger partial charge in [-0.05, 0) is 107 Å². The third kappa shape index (κ3) is 5.02. The first-order valence-electron chi connectivity index (χ1n) is 17.2. The summed E-state index contributed by atoms with van der Waals surface area (Å²) in [5, 5.41) is 6.84. The lowest BCUT2D eigenvalue weighted by atomic mass is 9.90. The first-order valence-corrected chi connectivity index (χ1v) is 17.2. The molecule has 2 heterocycles. The number of rotatable bonds is 6. The molecule has 1 unspecified atom stereocenters. The van der Waals surface area contributed by atoms with Gasteiger partial charge in [-0.1, -0.05) is 115 Å². The molecule has 0 bridgehead atoms. The van der Waals surface area contributed by atoms with Gasteiger partial charge in [0.05, 0.1) is 11.8 Å². The Bertz CT molecular complexity index is 2780. The highest BCUT2D eigenvalue weighted by atomic mass is 16.3. The number of nitrogens with zero attached hydrogens (tertiary/aromatic N) is 1. The maximum absolute atomic E-state index is 6.56. The molecular weight excluding hydrogens is 611 g/mol. The summed E-state index contributed by atoms with van der Waals surface area (Å²) in [6.07, 6.45) is 0. The van der Waals surface area contributed by atoms with Crippen LogP contribution in [0.25, 0.3) is 71.3 Å². The van der Waals surface area contributed by atoms with Crippen molar-refractivity contribution in [2.24, 2.45) is 4.99 Å². The van der Waals surface area contributed by atoms with Crippen LogP contribution in [0.15, 0.2) is 171 Å². The molecule has 2 aromatic heterocycles. The number of aliphatic imine (C=N–C) groups is 1. The van der Waals surface area contributed by atoms with Gasteiger partial charge in [0.1, 0.15) is 22.3 Å². The van der Waals surface area contributed by atoms with Crippen molar-refractivity contribution in [2.45, 2.75) is 26.8 Å². The van der Waals surface area contributed by atoms with Crippen LogP contribution < -0.4 is 0 Å². The zero-order valence-electron chi connectivity index (χ0n) is 28.3. The maximum Gasteiger partial charge on any atom is 0.136 e. The fourth-order valence-corrected chi connectivity index (χ4v) is 7.41. The zero-order chi connectivity index (χ0) is 33.8. The van der Waals surface area contributed by atoms with E-state index in [2.05, 4.69) is 166 Å². The Hall–Kier alpha value is -6.19. The molecule has 0 radical (unpaired) electrons. The number of furan rings is 2. The molecule has 0 saturated heterocycles. The lowest BCUT2D eigenvalue weighted by Crippen LogP contribution is -2.07. The Balaban J connectivity index is 1.22. The van der Waals surface area contributed by atoms with Crippen LogP contribution in [-0.4, -0.2) is 5.71 Å². The molecule has 50 heavy (non-hydrogen) atoms. The Morgan fingerprint density at radius 3 is 1.96 bits per heavy atom. The van der Waals surface area contributed by atoms with Gasteiger partial charge in [0.25, 0.3) is 0 Å². The Labute approximate surface area is 290 Å². The van der Waals surface area contributed by atoms with Gasteiger partial charge >= 0.3 is 0 Å². The topological polar surface area (TPSA) is 38.6 Å². The molecule has 9 aromatic rings. The molecule has 0 fully saturated rings. The smallest absolute Gasteiger partial charge is 0.136 e. The summed E-state index contributed by atoms with van der Waals surface area (Å²) in [7, 11) is 0. The second-order valence-corrected chi connectivity index (χ2v) is 13.1. The van der Waals surface area contributed by atoms with E-state index in [-0.39, 0.29) is 6.04 Å². The summed E-state index contributed by atoms with van der Waals surface area (Å²) in [5.41, 5.74) is 12.4. The van der Waals surface area contributed by atoms with E-state index in [9.17, 15) is 0 Å². The van der Waals surface area contributed by atoms with Gasteiger partial charge in [0.15, 0.2) is 0 Å². The lowest BCUT2D eigenvalue weighted by Gasteiger charge is -2.16. The summed E-state index contributed by atoms with van der Waals surface area (Å²) >= 11 is 0. The normalized spacial score (nSPS) is 13.5. The van der Waals surface area contributed by atoms with E-state index < -0.39 is 0 Å². The largest absolute Gasteiger partial charge is 0.456 e. The first-order chi connectivity index (χ1) is 24.5. The van der Waals surface area contributed by atoms with E-state index in [4.69, 9.17) is 13.8 Å². The van der Waals surface area contributed by atoms with E-state index in [0.29, 0.717) is 0 Å². The second kappa shape index (κ2) is 12.0. The molecule has 0 spiro atoms. The van der Waals surface area contributed by atoms with E-state index in [1.807, 2.05) is 6.07 Å². The third-order valence-electron chi connectivity index (χ3n) is 10.1. The van der Waals surface area contributed by atoms with Crippen LogP contribution in [0.2, 0.25) is 0 Å². The first kappa shape index (κ1) is 29.9. The number of fused-ring (bicyclic) bond motifs is 7. The minimum atomic E-state index is -0.00198. The van der Waals surface area contributed by atoms with Gasteiger partial charge in [0.2, 0.25) is 0 Å².